The molecule has 1 heterocycles. The van der Waals surface area contributed by atoms with E-state index in [1.807, 2.05) is 12.1 Å². The van der Waals surface area contributed by atoms with Crippen LogP contribution in [0.4, 0.5) is 0 Å². The van der Waals surface area contributed by atoms with Gasteiger partial charge in [0.15, 0.2) is 0 Å². The Hall–Kier alpha value is -1.94. The Morgan fingerprint density at radius 1 is 1.33 bits per heavy atom. The standard InChI is InChI=1S/C11H11N3O/c12-7-9-1-3-10(4-2-9)11(15)14-6-5-13-8-14/h1-6,8H,7,12H2. The minimum Gasteiger partial charge on any atom is -0.326 e. The summed E-state index contributed by atoms with van der Waals surface area (Å²) < 4.78 is 1.44. The minimum absolute atomic E-state index is 0.0870. The maximum Gasteiger partial charge on any atom is 0.263 e. The number of benzene rings is 1. The molecular weight excluding hydrogens is 190 g/mol. The third-order valence-electron chi connectivity index (χ3n) is 2.18. The highest BCUT2D eigenvalue weighted by molar-refractivity contribution is 5.95. The lowest BCUT2D eigenvalue weighted by atomic mass is 10.1. The predicted molar refractivity (Wildman–Crippen MR) is 56.3 cm³/mol. The Morgan fingerprint density at radius 3 is 2.60 bits per heavy atom. The molecule has 4 heteroatoms. The molecule has 0 aliphatic heterocycles. The lowest BCUT2D eigenvalue weighted by molar-refractivity contribution is 0.0960. The van der Waals surface area contributed by atoms with E-state index in [0.29, 0.717) is 12.1 Å². The van der Waals surface area contributed by atoms with Crippen molar-refractivity contribution in [3.63, 3.8) is 0 Å². The fourth-order valence-corrected chi connectivity index (χ4v) is 1.31. The van der Waals surface area contributed by atoms with Gasteiger partial charge in [-0.1, -0.05) is 12.1 Å². The summed E-state index contributed by atoms with van der Waals surface area (Å²) in [5.74, 6) is -0.0870. The van der Waals surface area contributed by atoms with Gasteiger partial charge in [-0.25, -0.2) is 4.98 Å². The number of carbonyl (C=O) groups excluding carboxylic acids is 1. The van der Waals surface area contributed by atoms with Gasteiger partial charge in [-0.05, 0) is 17.7 Å². The second-order valence-electron chi connectivity index (χ2n) is 3.18. The number of aromatic nitrogens is 2. The highest BCUT2D eigenvalue weighted by Crippen LogP contribution is 2.05. The third-order valence-corrected chi connectivity index (χ3v) is 2.18. The fourth-order valence-electron chi connectivity index (χ4n) is 1.31. The molecule has 2 rings (SSSR count). The molecule has 76 valence electrons. The molecule has 0 aliphatic carbocycles. The molecule has 4 nitrogen and oxygen atoms in total. The molecule has 0 saturated heterocycles. The van der Waals surface area contributed by atoms with Gasteiger partial charge >= 0.3 is 0 Å². The van der Waals surface area contributed by atoms with E-state index in [1.165, 1.54) is 10.9 Å². The smallest absolute Gasteiger partial charge is 0.263 e. The summed E-state index contributed by atoms with van der Waals surface area (Å²) in [6, 6.07) is 7.24. The van der Waals surface area contributed by atoms with E-state index in [-0.39, 0.29) is 5.91 Å². The number of rotatable bonds is 2. The van der Waals surface area contributed by atoms with Crippen LogP contribution < -0.4 is 5.73 Å². The molecule has 0 spiro atoms. The molecule has 0 unspecified atom stereocenters. The molecule has 15 heavy (non-hydrogen) atoms. The zero-order valence-corrected chi connectivity index (χ0v) is 8.13. The average molecular weight is 201 g/mol. The second-order valence-corrected chi connectivity index (χ2v) is 3.18. The zero-order chi connectivity index (χ0) is 10.7. The lowest BCUT2D eigenvalue weighted by Gasteiger charge is -2.02. The molecule has 0 radical (unpaired) electrons. The van der Waals surface area contributed by atoms with Crippen LogP contribution in [0.1, 0.15) is 15.9 Å². The van der Waals surface area contributed by atoms with Gasteiger partial charge in [0.25, 0.3) is 5.91 Å². The summed E-state index contributed by atoms with van der Waals surface area (Å²) in [5, 5.41) is 0. The Kier molecular flexibility index (Phi) is 2.60. The summed E-state index contributed by atoms with van der Waals surface area (Å²) in [6.07, 6.45) is 4.69. The molecule has 0 fully saturated rings. The normalized spacial score (nSPS) is 10.2. The number of nitrogens with zero attached hydrogens (tertiary/aromatic N) is 2. The summed E-state index contributed by atoms with van der Waals surface area (Å²) in [5.41, 5.74) is 7.11. The van der Waals surface area contributed by atoms with Crippen LogP contribution in [0, 0.1) is 0 Å². The van der Waals surface area contributed by atoms with Crippen molar-refractivity contribution in [2.24, 2.45) is 5.73 Å². The molecule has 0 aliphatic rings. The van der Waals surface area contributed by atoms with Gasteiger partial charge in [0.1, 0.15) is 6.33 Å². The lowest BCUT2D eigenvalue weighted by Crippen LogP contribution is -2.09. The van der Waals surface area contributed by atoms with Gasteiger partial charge in [0.05, 0.1) is 0 Å². The van der Waals surface area contributed by atoms with Crippen LogP contribution in [-0.2, 0) is 6.54 Å². The monoisotopic (exact) mass is 201 g/mol. The van der Waals surface area contributed by atoms with Crippen LogP contribution in [0.3, 0.4) is 0 Å². The molecule has 2 N–H and O–H groups in total. The van der Waals surface area contributed by atoms with Crippen molar-refractivity contribution in [3.8, 4) is 0 Å². The topological polar surface area (TPSA) is 60.9 Å². The van der Waals surface area contributed by atoms with E-state index in [0.717, 1.165) is 5.56 Å². The molecule has 0 atom stereocenters. The van der Waals surface area contributed by atoms with Gasteiger partial charge in [-0.3, -0.25) is 9.36 Å². The highest BCUT2D eigenvalue weighted by Gasteiger charge is 2.06. The number of nitrogens with two attached hydrogens (primary N) is 1. The first-order valence-corrected chi connectivity index (χ1v) is 4.63. The first-order valence-electron chi connectivity index (χ1n) is 4.63. The second kappa shape index (κ2) is 4.06. The van der Waals surface area contributed by atoms with Crippen molar-refractivity contribution in [2.45, 2.75) is 6.54 Å². The van der Waals surface area contributed by atoms with Crippen LogP contribution in [0.5, 0.6) is 0 Å². The van der Waals surface area contributed by atoms with E-state index >= 15 is 0 Å². The average Bonchev–Trinajstić information content (AvgIpc) is 2.82. The Bertz CT molecular complexity index is 445. The molecular formula is C11H11N3O. The maximum absolute atomic E-state index is 11.8. The van der Waals surface area contributed by atoms with Gasteiger partial charge in [-0.15, -0.1) is 0 Å². The molecule has 0 bridgehead atoms. The quantitative estimate of drug-likeness (QED) is 0.789. The number of carbonyl (C=O) groups is 1. The molecule has 1 aromatic heterocycles. The molecule has 0 saturated carbocycles. The predicted octanol–water partition coefficient (Wildman–Crippen LogP) is 1.03. The largest absolute Gasteiger partial charge is 0.326 e. The van der Waals surface area contributed by atoms with E-state index in [1.54, 1.807) is 24.5 Å². The van der Waals surface area contributed by atoms with E-state index in [2.05, 4.69) is 4.98 Å². The molecule has 0 amide bonds. The SMILES string of the molecule is NCc1ccc(C(=O)n2ccnc2)cc1. The van der Waals surface area contributed by atoms with Crippen molar-refractivity contribution in [2.75, 3.05) is 0 Å². The van der Waals surface area contributed by atoms with Crippen molar-refractivity contribution in [3.05, 3.63) is 54.1 Å². The third kappa shape index (κ3) is 1.94. The zero-order valence-electron chi connectivity index (χ0n) is 8.13. The maximum atomic E-state index is 11.8. The highest BCUT2D eigenvalue weighted by atomic mass is 16.2. The summed E-state index contributed by atoms with van der Waals surface area (Å²) >= 11 is 0. The number of imidazole rings is 1. The molecule has 1 aromatic carbocycles. The van der Waals surface area contributed by atoms with Gasteiger partial charge in [0.2, 0.25) is 0 Å². The van der Waals surface area contributed by atoms with Crippen molar-refractivity contribution in [1.82, 2.24) is 9.55 Å². The first kappa shape index (κ1) is 9.61. The van der Waals surface area contributed by atoms with Crippen LogP contribution in [0.15, 0.2) is 43.0 Å². The van der Waals surface area contributed by atoms with E-state index in [4.69, 9.17) is 5.73 Å². The van der Waals surface area contributed by atoms with Gasteiger partial charge < -0.3 is 5.73 Å². The number of hydrogen-bond acceptors (Lipinski definition) is 3. The first-order chi connectivity index (χ1) is 7.31. The Morgan fingerprint density at radius 2 is 2.07 bits per heavy atom. The Balaban J connectivity index is 2.27. The summed E-state index contributed by atoms with van der Waals surface area (Å²) in [7, 11) is 0. The van der Waals surface area contributed by atoms with Crippen LogP contribution >= 0.6 is 0 Å². The van der Waals surface area contributed by atoms with Gasteiger partial charge in [-0.2, -0.15) is 0 Å². The van der Waals surface area contributed by atoms with Crippen LogP contribution in [0.25, 0.3) is 0 Å². The van der Waals surface area contributed by atoms with E-state index < -0.39 is 0 Å². The summed E-state index contributed by atoms with van der Waals surface area (Å²) in [4.78, 5) is 15.6. The minimum atomic E-state index is -0.0870. The fraction of sp³-hybridized carbons (Fsp3) is 0.0909. The molecule has 2 aromatic rings. The van der Waals surface area contributed by atoms with Crippen molar-refractivity contribution in [1.29, 1.82) is 0 Å². The summed E-state index contributed by atoms with van der Waals surface area (Å²) in [6.45, 7) is 0.486. The van der Waals surface area contributed by atoms with Crippen molar-refractivity contribution >= 4 is 5.91 Å². The number of hydrogen-bond donors (Lipinski definition) is 1. The van der Waals surface area contributed by atoms with Gasteiger partial charge in [0, 0.05) is 24.5 Å². The Labute approximate surface area is 87.4 Å². The van der Waals surface area contributed by atoms with Crippen LogP contribution in [-0.4, -0.2) is 15.5 Å². The van der Waals surface area contributed by atoms with Crippen molar-refractivity contribution < 1.29 is 4.79 Å². The van der Waals surface area contributed by atoms with E-state index in [9.17, 15) is 4.79 Å². The van der Waals surface area contributed by atoms with Crippen LogP contribution in [0.2, 0.25) is 0 Å².